The molecule has 0 aliphatic rings. The van der Waals surface area contributed by atoms with Crippen molar-refractivity contribution < 1.29 is 36.3 Å². The highest BCUT2D eigenvalue weighted by atomic mass is 127. The molecular formula is C18H29IO8S. The summed E-state index contributed by atoms with van der Waals surface area (Å²) >= 11 is 2.26. The summed E-state index contributed by atoms with van der Waals surface area (Å²) in [5.41, 5.74) is 0. The molecule has 0 saturated carbocycles. The first kappa shape index (κ1) is 25.7. The predicted octanol–water partition coefficient (Wildman–Crippen LogP) is 1.91. The molecule has 8 nitrogen and oxygen atoms in total. The molecule has 0 heterocycles. The van der Waals surface area contributed by atoms with E-state index in [0.29, 0.717) is 52.9 Å². The lowest BCUT2D eigenvalue weighted by molar-refractivity contribution is -0.0116. The fraction of sp³-hybridized carbons (Fsp3) is 0.667. The van der Waals surface area contributed by atoms with Crippen LogP contribution in [-0.2, 0) is 38.0 Å². The van der Waals surface area contributed by atoms with E-state index in [2.05, 4.69) is 22.6 Å². The van der Waals surface area contributed by atoms with Crippen LogP contribution in [0.25, 0.3) is 0 Å². The van der Waals surface area contributed by atoms with Gasteiger partial charge in [0.15, 0.2) is 0 Å². The van der Waals surface area contributed by atoms with Gasteiger partial charge in [-0.25, -0.2) is 0 Å². The molecule has 10 heteroatoms. The van der Waals surface area contributed by atoms with Crippen LogP contribution >= 0.6 is 22.6 Å². The molecule has 0 spiro atoms. The average Bonchev–Trinajstić information content (AvgIpc) is 2.71. The fourth-order valence-corrected chi connectivity index (χ4v) is 3.12. The molecule has 0 saturated heterocycles. The molecule has 1 aromatic carbocycles. The van der Waals surface area contributed by atoms with E-state index < -0.39 is 10.1 Å². The van der Waals surface area contributed by atoms with Crippen LogP contribution in [-0.4, -0.2) is 85.5 Å². The minimum Gasteiger partial charge on any atom is -0.378 e. The molecule has 0 aliphatic carbocycles. The van der Waals surface area contributed by atoms with Crippen LogP contribution < -0.4 is 0 Å². The monoisotopic (exact) mass is 532 g/mol. The minimum absolute atomic E-state index is 0.0382. The molecule has 0 unspecified atom stereocenters. The van der Waals surface area contributed by atoms with Crippen molar-refractivity contribution in [2.45, 2.75) is 4.90 Å². The number of hydrogen-bond acceptors (Lipinski definition) is 8. The summed E-state index contributed by atoms with van der Waals surface area (Å²) < 4.78 is 56.2. The Hall–Kier alpha value is -0.340. The van der Waals surface area contributed by atoms with Crippen LogP contribution in [0.5, 0.6) is 0 Å². The van der Waals surface area contributed by atoms with Gasteiger partial charge in [-0.2, -0.15) is 8.42 Å². The van der Waals surface area contributed by atoms with Crippen molar-refractivity contribution >= 4 is 32.7 Å². The zero-order valence-corrected chi connectivity index (χ0v) is 18.9. The Morgan fingerprint density at radius 2 is 1.00 bits per heavy atom. The normalized spacial score (nSPS) is 11.8. The van der Waals surface area contributed by atoms with Crippen LogP contribution in [0.1, 0.15) is 0 Å². The standard InChI is InChI=1S/C18H29IO8S/c19-6-7-22-8-9-23-10-11-24-12-13-25-14-15-26-16-17-27-28(20,21)18-4-2-1-3-5-18/h1-5H,6-17H2. The molecule has 1 aromatic rings. The zero-order chi connectivity index (χ0) is 20.3. The summed E-state index contributed by atoms with van der Waals surface area (Å²) in [6.07, 6.45) is 0. The van der Waals surface area contributed by atoms with E-state index in [1.807, 2.05) is 0 Å². The van der Waals surface area contributed by atoms with Crippen LogP contribution in [0.15, 0.2) is 35.2 Å². The first-order chi connectivity index (χ1) is 13.7. The third kappa shape index (κ3) is 13.8. The first-order valence-electron chi connectivity index (χ1n) is 9.06. The van der Waals surface area contributed by atoms with Crippen molar-refractivity contribution in [1.82, 2.24) is 0 Å². The van der Waals surface area contributed by atoms with Crippen molar-refractivity contribution in [3.63, 3.8) is 0 Å². The van der Waals surface area contributed by atoms with E-state index in [1.54, 1.807) is 18.2 Å². The maximum absolute atomic E-state index is 11.9. The quantitative estimate of drug-likeness (QED) is 0.116. The Morgan fingerprint density at radius 1 is 0.607 bits per heavy atom. The van der Waals surface area contributed by atoms with Crippen molar-refractivity contribution in [3.8, 4) is 0 Å². The number of rotatable bonds is 19. The summed E-state index contributed by atoms with van der Waals surface area (Å²) in [7, 11) is -3.73. The van der Waals surface area contributed by atoms with E-state index in [4.69, 9.17) is 27.9 Å². The van der Waals surface area contributed by atoms with E-state index >= 15 is 0 Å². The minimum atomic E-state index is -3.73. The lowest BCUT2D eigenvalue weighted by atomic mass is 10.4. The summed E-state index contributed by atoms with van der Waals surface area (Å²) in [5, 5.41) is 0. The molecule has 0 N–H and O–H groups in total. The van der Waals surface area contributed by atoms with Crippen LogP contribution in [0.2, 0.25) is 0 Å². The number of benzene rings is 1. The molecule has 162 valence electrons. The van der Waals surface area contributed by atoms with Crippen molar-refractivity contribution in [2.24, 2.45) is 0 Å². The van der Waals surface area contributed by atoms with Gasteiger partial charge in [0.05, 0.1) is 77.6 Å². The van der Waals surface area contributed by atoms with Gasteiger partial charge >= 0.3 is 0 Å². The summed E-state index contributed by atoms with van der Waals surface area (Å²) in [6.45, 7) is 4.81. The molecule has 0 atom stereocenters. The number of ether oxygens (including phenoxy) is 5. The lowest BCUT2D eigenvalue weighted by Crippen LogP contribution is -2.15. The molecule has 0 bridgehead atoms. The van der Waals surface area contributed by atoms with E-state index in [-0.39, 0.29) is 18.1 Å². The molecule has 28 heavy (non-hydrogen) atoms. The smallest absolute Gasteiger partial charge is 0.297 e. The Labute approximate surface area is 181 Å². The molecule has 0 amide bonds. The topological polar surface area (TPSA) is 89.5 Å². The second-order valence-electron chi connectivity index (χ2n) is 5.34. The maximum Gasteiger partial charge on any atom is 0.297 e. The van der Waals surface area contributed by atoms with Crippen molar-refractivity contribution in [1.29, 1.82) is 0 Å². The second kappa shape index (κ2) is 17.5. The van der Waals surface area contributed by atoms with Crippen LogP contribution in [0.3, 0.4) is 0 Å². The zero-order valence-electron chi connectivity index (χ0n) is 15.9. The van der Waals surface area contributed by atoms with Crippen LogP contribution in [0, 0.1) is 0 Å². The van der Waals surface area contributed by atoms with Gasteiger partial charge < -0.3 is 23.7 Å². The third-order valence-electron chi connectivity index (χ3n) is 3.21. The van der Waals surface area contributed by atoms with Gasteiger partial charge in [0, 0.05) is 4.43 Å². The molecular weight excluding hydrogens is 503 g/mol. The Kier molecular flexibility index (Phi) is 16.1. The second-order valence-corrected chi connectivity index (χ2v) is 8.03. The fourth-order valence-electron chi connectivity index (χ4n) is 1.89. The molecule has 0 aromatic heterocycles. The SMILES string of the molecule is O=S(=O)(OCCOCCOCCOCCOCCOCCI)c1ccccc1. The van der Waals surface area contributed by atoms with Gasteiger partial charge in [-0.3, -0.25) is 4.18 Å². The van der Waals surface area contributed by atoms with Gasteiger partial charge in [-0.05, 0) is 12.1 Å². The highest BCUT2D eigenvalue weighted by Crippen LogP contribution is 2.10. The van der Waals surface area contributed by atoms with Crippen molar-refractivity contribution in [2.75, 3.05) is 77.1 Å². The van der Waals surface area contributed by atoms with Gasteiger partial charge in [0.1, 0.15) is 0 Å². The van der Waals surface area contributed by atoms with Gasteiger partial charge in [-0.1, -0.05) is 40.8 Å². The molecule has 0 radical (unpaired) electrons. The number of alkyl halides is 1. The van der Waals surface area contributed by atoms with Gasteiger partial charge in [0.25, 0.3) is 10.1 Å². The largest absolute Gasteiger partial charge is 0.378 e. The van der Waals surface area contributed by atoms with Gasteiger partial charge in [-0.15, -0.1) is 0 Å². The van der Waals surface area contributed by atoms with Crippen molar-refractivity contribution in [3.05, 3.63) is 30.3 Å². The van der Waals surface area contributed by atoms with E-state index in [0.717, 1.165) is 11.0 Å². The maximum atomic E-state index is 11.9. The Bertz CT molecular complexity index is 570. The number of halogens is 1. The Morgan fingerprint density at radius 3 is 1.43 bits per heavy atom. The third-order valence-corrected chi connectivity index (χ3v) is 4.97. The van der Waals surface area contributed by atoms with E-state index in [9.17, 15) is 8.42 Å². The molecule has 0 fully saturated rings. The summed E-state index contributed by atoms with van der Waals surface area (Å²) in [4.78, 5) is 0.133. The molecule has 1 rings (SSSR count). The molecule has 0 aliphatic heterocycles. The summed E-state index contributed by atoms with van der Waals surface area (Å²) in [5.74, 6) is 0. The van der Waals surface area contributed by atoms with E-state index in [1.165, 1.54) is 12.1 Å². The first-order valence-corrected chi connectivity index (χ1v) is 12.0. The lowest BCUT2D eigenvalue weighted by Gasteiger charge is -2.08. The highest BCUT2D eigenvalue weighted by Gasteiger charge is 2.13. The highest BCUT2D eigenvalue weighted by molar-refractivity contribution is 14.1. The number of hydrogen-bond donors (Lipinski definition) is 0. The Balaban J connectivity index is 1.82. The van der Waals surface area contributed by atoms with Crippen LogP contribution in [0.4, 0.5) is 0 Å². The predicted molar refractivity (Wildman–Crippen MR) is 113 cm³/mol. The summed E-state index contributed by atoms with van der Waals surface area (Å²) in [6, 6.07) is 8.00. The average molecular weight is 532 g/mol. The van der Waals surface area contributed by atoms with Gasteiger partial charge in [0.2, 0.25) is 0 Å².